The van der Waals surface area contributed by atoms with E-state index in [-0.39, 0.29) is 5.82 Å². The second-order valence-corrected chi connectivity index (χ2v) is 5.12. The zero-order valence-electron chi connectivity index (χ0n) is 9.70. The summed E-state index contributed by atoms with van der Waals surface area (Å²) in [6, 6.07) is 1.47. The molecule has 2 heterocycles. The number of hydrogen-bond acceptors (Lipinski definition) is 6. The monoisotopic (exact) mass is 271 g/mol. The van der Waals surface area contributed by atoms with E-state index in [4.69, 9.17) is 10.5 Å². The number of ether oxygens (including phenoxy) is 1. The fourth-order valence-corrected chi connectivity index (χ4v) is 2.87. The largest absolute Gasteiger partial charge is 0.478 e. The molecule has 1 aliphatic heterocycles. The Bertz CT molecular complexity index is 532. The first kappa shape index (κ1) is 12.9. The molecule has 0 amide bonds. The van der Waals surface area contributed by atoms with Crippen LogP contribution in [-0.4, -0.2) is 31.3 Å². The molecule has 8 heteroatoms. The summed E-state index contributed by atoms with van der Waals surface area (Å²) in [7, 11) is 0. The summed E-state index contributed by atoms with van der Waals surface area (Å²) in [6.45, 7) is 1.73. The highest BCUT2D eigenvalue weighted by molar-refractivity contribution is 8.01. The third-order valence-corrected chi connectivity index (χ3v) is 4.22. The fraction of sp³-hybridized carbons (Fsp3) is 0.500. The normalized spacial score (nSPS) is 27.3. The highest BCUT2D eigenvalue weighted by atomic mass is 32.2. The van der Waals surface area contributed by atoms with Crippen LogP contribution in [0, 0.1) is 0 Å². The molecule has 1 aliphatic rings. The Balaban J connectivity index is 2.28. The molecule has 0 spiro atoms. The van der Waals surface area contributed by atoms with E-state index in [0.717, 1.165) is 0 Å². The minimum Gasteiger partial charge on any atom is -0.478 e. The molecule has 0 bridgehead atoms. The van der Waals surface area contributed by atoms with Crippen LogP contribution in [0.25, 0.3) is 0 Å². The predicted octanol–water partition coefficient (Wildman–Crippen LogP) is 0.278. The average molecular weight is 271 g/mol. The summed E-state index contributed by atoms with van der Waals surface area (Å²) in [5.41, 5.74) is 4.85. The summed E-state index contributed by atoms with van der Waals surface area (Å²) < 4.78 is 6.77. The van der Waals surface area contributed by atoms with Crippen molar-refractivity contribution < 1.29 is 14.6 Å². The van der Waals surface area contributed by atoms with E-state index in [1.165, 1.54) is 28.6 Å². The van der Waals surface area contributed by atoms with Gasteiger partial charge in [-0.25, -0.2) is 9.59 Å². The lowest BCUT2D eigenvalue weighted by Crippen LogP contribution is -2.36. The maximum atomic E-state index is 11.6. The van der Waals surface area contributed by atoms with Crippen LogP contribution < -0.4 is 11.4 Å². The van der Waals surface area contributed by atoms with Crippen molar-refractivity contribution >= 4 is 23.5 Å². The van der Waals surface area contributed by atoms with Crippen LogP contribution >= 0.6 is 11.8 Å². The van der Waals surface area contributed by atoms with Crippen LogP contribution in [0.4, 0.5) is 5.82 Å². The van der Waals surface area contributed by atoms with Crippen molar-refractivity contribution in [3.63, 3.8) is 0 Å². The first-order valence-electron chi connectivity index (χ1n) is 5.38. The van der Waals surface area contributed by atoms with E-state index < -0.39 is 22.8 Å². The molecule has 0 aromatic carbocycles. The minimum absolute atomic E-state index is 0.127. The van der Waals surface area contributed by atoms with Gasteiger partial charge in [0.1, 0.15) is 12.0 Å². The number of rotatable bonds is 3. The summed E-state index contributed by atoms with van der Waals surface area (Å²) in [4.78, 5) is 25.1. The Hall–Kier alpha value is -1.54. The lowest BCUT2D eigenvalue weighted by molar-refractivity contribution is -0.160. The zero-order chi connectivity index (χ0) is 13.3. The number of thioether (sulfide) groups is 1. The number of aliphatic carboxylic acids is 1. The number of nitrogens with zero attached hydrogens (tertiary/aromatic N) is 2. The van der Waals surface area contributed by atoms with E-state index in [0.29, 0.717) is 12.2 Å². The Morgan fingerprint density at radius 2 is 2.56 bits per heavy atom. The van der Waals surface area contributed by atoms with Crippen LogP contribution in [0.15, 0.2) is 17.1 Å². The molecule has 7 nitrogen and oxygen atoms in total. The van der Waals surface area contributed by atoms with Crippen molar-refractivity contribution in [2.24, 2.45) is 0 Å². The Morgan fingerprint density at radius 3 is 3.06 bits per heavy atom. The maximum absolute atomic E-state index is 11.6. The summed E-state index contributed by atoms with van der Waals surface area (Å²) in [5, 5.41) is 9.17. The van der Waals surface area contributed by atoms with E-state index in [1.807, 2.05) is 0 Å². The molecule has 1 fully saturated rings. The number of carboxylic acids is 1. The van der Waals surface area contributed by atoms with Crippen LogP contribution in [0.3, 0.4) is 0 Å². The van der Waals surface area contributed by atoms with Crippen molar-refractivity contribution in [1.29, 1.82) is 0 Å². The zero-order valence-corrected chi connectivity index (χ0v) is 10.5. The number of aromatic nitrogens is 2. The van der Waals surface area contributed by atoms with Crippen molar-refractivity contribution in [2.75, 3.05) is 11.5 Å². The number of hydrogen-bond donors (Lipinski definition) is 2. The molecule has 3 N–H and O–H groups in total. The van der Waals surface area contributed by atoms with Gasteiger partial charge in [-0.2, -0.15) is 4.98 Å². The van der Waals surface area contributed by atoms with Gasteiger partial charge in [-0.3, -0.25) is 4.57 Å². The molecule has 0 saturated carbocycles. The third-order valence-electron chi connectivity index (χ3n) is 2.74. The highest BCUT2D eigenvalue weighted by Gasteiger charge is 2.47. The molecule has 2 atom stereocenters. The number of nitrogens with two attached hydrogens (primary N) is 1. The summed E-state index contributed by atoms with van der Waals surface area (Å²) in [6.07, 6.45) is 1.15. The van der Waals surface area contributed by atoms with Gasteiger partial charge in [0.05, 0.1) is 0 Å². The summed E-state index contributed by atoms with van der Waals surface area (Å²) >= 11 is 1.17. The molecular formula is C10H13N3O4S. The van der Waals surface area contributed by atoms with Gasteiger partial charge in [-0.15, -0.1) is 11.8 Å². The number of nitrogen functional groups attached to an aromatic ring is 1. The van der Waals surface area contributed by atoms with Crippen LogP contribution in [0.5, 0.6) is 0 Å². The molecule has 1 saturated heterocycles. The average Bonchev–Trinajstić information content (AvgIpc) is 2.74. The molecule has 1 aromatic rings. The lowest BCUT2D eigenvalue weighted by atomic mass is 10.3. The Labute approximate surface area is 107 Å². The van der Waals surface area contributed by atoms with Crippen molar-refractivity contribution in [3.05, 3.63) is 22.7 Å². The van der Waals surface area contributed by atoms with Gasteiger partial charge in [0.25, 0.3) is 0 Å². The van der Waals surface area contributed by atoms with Gasteiger partial charge in [-0.05, 0) is 12.5 Å². The van der Waals surface area contributed by atoms with Crippen LogP contribution in [0.1, 0.15) is 19.6 Å². The highest BCUT2D eigenvalue weighted by Crippen LogP contribution is 2.43. The van der Waals surface area contributed by atoms with Crippen LogP contribution in [0.2, 0.25) is 0 Å². The lowest BCUT2D eigenvalue weighted by Gasteiger charge is -2.22. The molecule has 2 unspecified atom stereocenters. The van der Waals surface area contributed by atoms with Gasteiger partial charge in [0.15, 0.2) is 0 Å². The molecule has 0 radical (unpaired) electrons. The molecule has 1 aromatic heterocycles. The first-order valence-corrected chi connectivity index (χ1v) is 6.37. The van der Waals surface area contributed by atoms with Crippen molar-refractivity contribution in [1.82, 2.24) is 9.55 Å². The van der Waals surface area contributed by atoms with Crippen molar-refractivity contribution in [2.45, 2.75) is 24.5 Å². The number of anilines is 1. The molecule has 18 heavy (non-hydrogen) atoms. The van der Waals surface area contributed by atoms with Gasteiger partial charge in [-0.1, -0.05) is 6.92 Å². The number of carbonyl (C=O) groups is 1. The molecule has 0 aliphatic carbocycles. The van der Waals surface area contributed by atoms with E-state index in [2.05, 4.69) is 4.98 Å². The van der Waals surface area contributed by atoms with E-state index >= 15 is 0 Å². The third kappa shape index (κ3) is 2.08. The minimum atomic E-state index is -1.29. The van der Waals surface area contributed by atoms with Crippen LogP contribution in [-0.2, 0) is 9.53 Å². The van der Waals surface area contributed by atoms with Gasteiger partial charge < -0.3 is 15.6 Å². The SMILES string of the molecule is CCC1(C(=O)O)OC(n2ccc(N)nc2=O)CS1. The maximum Gasteiger partial charge on any atom is 0.351 e. The Morgan fingerprint density at radius 1 is 1.83 bits per heavy atom. The topological polar surface area (TPSA) is 107 Å². The summed E-state index contributed by atoms with van der Waals surface area (Å²) in [5.74, 6) is -0.526. The second kappa shape index (κ2) is 4.62. The van der Waals surface area contributed by atoms with Crippen molar-refractivity contribution in [3.8, 4) is 0 Å². The Kier molecular flexibility index (Phi) is 3.31. The van der Waals surface area contributed by atoms with Gasteiger partial charge in [0, 0.05) is 11.9 Å². The van der Waals surface area contributed by atoms with Gasteiger partial charge >= 0.3 is 11.7 Å². The molecule has 2 rings (SSSR count). The first-order chi connectivity index (χ1) is 8.48. The quantitative estimate of drug-likeness (QED) is 0.812. The van der Waals surface area contributed by atoms with E-state index in [1.54, 1.807) is 6.92 Å². The number of carboxylic acid groups (broad SMARTS) is 1. The molecular weight excluding hydrogens is 258 g/mol. The second-order valence-electron chi connectivity index (χ2n) is 3.84. The fourth-order valence-electron chi connectivity index (χ4n) is 1.72. The predicted molar refractivity (Wildman–Crippen MR) is 66.1 cm³/mol. The molecule has 98 valence electrons. The standard InChI is InChI=1S/C10H13N3O4S/c1-2-10(8(14)15)17-7(5-18-10)13-4-3-6(11)12-9(13)16/h3-4,7H,2,5H2,1H3,(H,14,15)(H2,11,12,16). The smallest absolute Gasteiger partial charge is 0.351 e. The van der Waals surface area contributed by atoms with E-state index in [9.17, 15) is 14.7 Å². The van der Waals surface area contributed by atoms with Gasteiger partial charge in [0.2, 0.25) is 4.93 Å².